The molecule has 2 rings (SSSR count). The average molecular weight is 281 g/mol. The van der Waals surface area contributed by atoms with Gasteiger partial charge in [-0.2, -0.15) is 0 Å². The van der Waals surface area contributed by atoms with Crippen molar-refractivity contribution in [1.82, 2.24) is 0 Å². The number of hydrogen-bond acceptors (Lipinski definition) is 3. The maximum absolute atomic E-state index is 11.3. The molecule has 0 aromatic heterocycles. The minimum atomic E-state index is -0.588. The zero-order chi connectivity index (χ0) is 12.8. The van der Waals surface area contributed by atoms with E-state index in [0.717, 1.165) is 30.1 Å². The van der Waals surface area contributed by atoms with Gasteiger partial charge < -0.3 is 5.32 Å². The summed E-state index contributed by atoms with van der Waals surface area (Å²) >= 11 is 1.80. The highest BCUT2D eigenvalue weighted by Crippen LogP contribution is 2.28. The standard InChI is InChI=1S/C14H19NOS2/c1-2-9-17-14-6-4-3-5-13(14)15-12-7-10-18(16)11-8-12/h2-6,12,15H,1,7-11H2. The fourth-order valence-corrected chi connectivity index (χ4v) is 4.07. The third kappa shape index (κ3) is 3.89. The molecule has 0 atom stereocenters. The van der Waals surface area contributed by atoms with Gasteiger partial charge in [-0.3, -0.25) is 4.21 Å². The van der Waals surface area contributed by atoms with Crippen LogP contribution in [0.4, 0.5) is 5.69 Å². The van der Waals surface area contributed by atoms with Gasteiger partial charge in [0, 0.05) is 44.7 Å². The van der Waals surface area contributed by atoms with Gasteiger partial charge in [-0.1, -0.05) is 18.2 Å². The molecule has 0 aliphatic carbocycles. The SMILES string of the molecule is C=CCSc1ccccc1NC1CCS(=O)CC1. The third-order valence-corrected chi connectivity index (χ3v) is 5.44. The normalized spacial score (nSPS) is 23.6. The summed E-state index contributed by atoms with van der Waals surface area (Å²) in [6.07, 6.45) is 3.94. The molecule has 0 bridgehead atoms. The predicted octanol–water partition coefficient (Wildman–Crippen LogP) is 3.29. The van der Waals surface area contributed by atoms with Crippen molar-refractivity contribution in [3.8, 4) is 0 Å². The molecule has 98 valence electrons. The van der Waals surface area contributed by atoms with E-state index in [1.807, 2.05) is 6.08 Å². The first kappa shape index (κ1) is 13.7. The summed E-state index contributed by atoms with van der Waals surface area (Å²) in [6, 6.07) is 8.84. The summed E-state index contributed by atoms with van der Waals surface area (Å²) in [5, 5.41) is 3.59. The minimum absolute atomic E-state index is 0.466. The van der Waals surface area contributed by atoms with Crippen molar-refractivity contribution in [1.29, 1.82) is 0 Å². The number of anilines is 1. The Kier molecular flexibility index (Phi) is 5.32. The lowest BCUT2D eigenvalue weighted by Crippen LogP contribution is -2.29. The van der Waals surface area contributed by atoms with Crippen LogP contribution in [-0.2, 0) is 10.8 Å². The van der Waals surface area contributed by atoms with Gasteiger partial charge in [-0.05, 0) is 25.0 Å². The Morgan fingerprint density at radius 1 is 1.39 bits per heavy atom. The maximum Gasteiger partial charge on any atom is 0.0480 e. The lowest BCUT2D eigenvalue weighted by molar-refractivity contribution is 0.623. The van der Waals surface area contributed by atoms with Gasteiger partial charge >= 0.3 is 0 Å². The Morgan fingerprint density at radius 3 is 2.83 bits per heavy atom. The van der Waals surface area contributed by atoms with Gasteiger partial charge in [0.1, 0.15) is 0 Å². The summed E-state index contributed by atoms with van der Waals surface area (Å²) in [4.78, 5) is 1.27. The summed E-state index contributed by atoms with van der Waals surface area (Å²) < 4.78 is 11.3. The topological polar surface area (TPSA) is 29.1 Å². The molecule has 2 nitrogen and oxygen atoms in total. The van der Waals surface area contributed by atoms with E-state index >= 15 is 0 Å². The molecular formula is C14H19NOS2. The summed E-state index contributed by atoms with van der Waals surface area (Å²) in [5.74, 6) is 2.59. The van der Waals surface area contributed by atoms with Gasteiger partial charge in [0.05, 0.1) is 0 Å². The molecular weight excluding hydrogens is 262 g/mol. The van der Waals surface area contributed by atoms with Crippen molar-refractivity contribution in [3.63, 3.8) is 0 Å². The van der Waals surface area contributed by atoms with E-state index in [-0.39, 0.29) is 0 Å². The van der Waals surface area contributed by atoms with E-state index < -0.39 is 10.8 Å². The second-order valence-corrected chi connectivity index (χ2v) is 7.12. The van der Waals surface area contributed by atoms with Crippen molar-refractivity contribution >= 4 is 28.2 Å². The Balaban J connectivity index is 1.99. The number of nitrogens with one attached hydrogen (secondary N) is 1. The molecule has 1 fully saturated rings. The third-order valence-electron chi connectivity index (χ3n) is 2.99. The zero-order valence-corrected chi connectivity index (χ0v) is 12.1. The summed E-state index contributed by atoms with van der Waals surface area (Å²) in [6.45, 7) is 3.75. The Bertz CT molecular complexity index is 424. The summed E-state index contributed by atoms with van der Waals surface area (Å²) in [7, 11) is -0.588. The molecule has 1 aromatic carbocycles. The Hall–Kier alpha value is -0.740. The number of rotatable bonds is 5. The highest BCUT2D eigenvalue weighted by molar-refractivity contribution is 7.99. The molecule has 1 aliphatic heterocycles. The van der Waals surface area contributed by atoms with Crippen molar-refractivity contribution in [2.75, 3.05) is 22.6 Å². The van der Waals surface area contributed by atoms with Crippen LogP contribution in [0.2, 0.25) is 0 Å². The number of benzene rings is 1. The number of thioether (sulfide) groups is 1. The zero-order valence-electron chi connectivity index (χ0n) is 10.4. The van der Waals surface area contributed by atoms with Crippen LogP contribution in [0.3, 0.4) is 0 Å². The smallest absolute Gasteiger partial charge is 0.0480 e. The molecule has 1 N–H and O–H groups in total. The number of hydrogen-bond donors (Lipinski definition) is 1. The first-order valence-electron chi connectivity index (χ1n) is 6.24. The van der Waals surface area contributed by atoms with Crippen LogP contribution in [0.5, 0.6) is 0 Å². The van der Waals surface area contributed by atoms with Crippen molar-refractivity contribution in [3.05, 3.63) is 36.9 Å². The molecule has 0 amide bonds. The van der Waals surface area contributed by atoms with Gasteiger partial charge in [-0.25, -0.2) is 0 Å². The Morgan fingerprint density at radius 2 is 2.11 bits per heavy atom. The van der Waals surface area contributed by atoms with E-state index in [1.54, 1.807) is 11.8 Å². The van der Waals surface area contributed by atoms with E-state index in [1.165, 1.54) is 10.6 Å². The van der Waals surface area contributed by atoms with Crippen LogP contribution in [0.15, 0.2) is 41.8 Å². The van der Waals surface area contributed by atoms with Crippen LogP contribution in [0.25, 0.3) is 0 Å². The lowest BCUT2D eigenvalue weighted by Gasteiger charge is -2.24. The Labute approximate surface area is 116 Å². The van der Waals surface area contributed by atoms with Crippen LogP contribution in [-0.4, -0.2) is 27.5 Å². The predicted molar refractivity (Wildman–Crippen MR) is 81.9 cm³/mol. The van der Waals surface area contributed by atoms with Gasteiger partial charge in [-0.15, -0.1) is 18.3 Å². The highest BCUT2D eigenvalue weighted by Gasteiger charge is 2.18. The van der Waals surface area contributed by atoms with Gasteiger partial charge in [0.25, 0.3) is 0 Å². The van der Waals surface area contributed by atoms with E-state index in [9.17, 15) is 4.21 Å². The van der Waals surface area contributed by atoms with Gasteiger partial charge in [0.2, 0.25) is 0 Å². The minimum Gasteiger partial charge on any atom is -0.381 e. The maximum atomic E-state index is 11.3. The lowest BCUT2D eigenvalue weighted by atomic mass is 10.1. The fraction of sp³-hybridized carbons (Fsp3) is 0.429. The summed E-state index contributed by atoms with van der Waals surface area (Å²) in [5.41, 5.74) is 1.20. The molecule has 0 unspecified atom stereocenters. The largest absolute Gasteiger partial charge is 0.381 e. The molecule has 0 spiro atoms. The second kappa shape index (κ2) is 7.00. The molecule has 1 heterocycles. The van der Waals surface area contributed by atoms with E-state index in [4.69, 9.17) is 0 Å². The molecule has 0 saturated carbocycles. The molecule has 1 aliphatic rings. The first-order chi connectivity index (χ1) is 8.79. The van der Waals surface area contributed by atoms with Crippen LogP contribution < -0.4 is 5.32 Å². The van der Waals surface area contributed by atoms with Crippen molar-refractivity contribution in [2.45, 2.75) is 23.8 Å². The molecule has 0 radical (unpaired) electrons. The van der Waals surface area contributed by atoms with Crippen molar-refractivity contribution in [2.24, 2.45) is 0 Å². The van der Waals surface area contributed by atoms with Crippen LogP contribution >= 0.6 is 11.8 Å². The van der Waals surface area contributed by atoms with Gasteiger partial charge in [0.15, 0.2) is 0 Å². The molecule has 1 aromatic rings. The quantitative estimate of drug-likeness (QED) is 0.663. The average Bonchev–Trinajstić information content (AvgIpc) is 2.40. The highest BCUT2D eigenvalue weighted by atomic mass is 32.2. The first-order valence-corrected chi connectivity index (χ1v) is 8.71. The second-order valence-electron chi connectivity index (χ2n) is 4.36. The van der Waals surface area contributed by atoms with Crippen molar-refractivity contribution < 1.29 is 4.21 Å². The molecule has 1 saturated heterocycles. The van der Waals surface area contributed by atoms with E-state index in [2.05, 4.69) is 36.2 Å². The number of para-hydroxylation sites is 1. The monoisotopic (exact) mass is 281 g/mol. The fourth-order valence-electron chi connectivity index (χ4n) is 2.02. The van der Waals surface area contributed by atoms with Crippen LogP contribution in [0, 0.1) is 0 Å². The molecule has 4 heteroatoms. The van der Waals surface area contributed by atoms with E-state index in [0.29, 0.717) is 6.04 Å². The van der Waals surface area contributed by atoms with Crippen LogP contribution in [0.1, 0.15) is 12.8 Å². The molecule has 18 heavy (non-hydrogen) atoms.